The summed E-state index contributed by atoms with van der Waals surface area (Å²) in [4.78, 5) is 41.4. The molecule has 3 aromatic carbocycles. The highest BCUT2D eigenvalue weighted by atomic mass is 19.1. The molecule has 188 valence electrons. The molecule has 9 heteroatoms. The quantitative estimate of drug-likeness (QED) is 0.246. The minimum absolute atomic E-state index is 0.00888. The Morgan fingerprint density at radius 1 is 0.917 bits per heavy atom. The molecule has 3 rings (SSSR count). The van der Waals surface area contributed by atoms with Gasteiger partial charge < -0.3 is 20.0 Å². The minimum atomic E-state index is -1.39. The molecule has 36 heavy (non-hydrogen) atoms. The maximum Gasteiger partial charge on any atom is 0.326 e. The van der Waals surface area contributed by atoms with Gasteiger partial charge in [0.2, 0.25) is 5.91 Å². The highest BCUT2D eigenvalue weighted by Gasteiger charge is 2.24. The molecule has 0 aromatic heterocycles. The largest absolute Gasteiger partial charge is 0.480 e. The maximum atomic E-state index is 13.7. The lowest BCUT2D eigenvalue weighted by atomic mass is 10.1. The molecular weight excluding hydrogens is 467 g/mol. The van der Waals surface area contributed by atoms with E-state index in [0.29, 0.717) is 17.7 Å². The summed E-state index contributed by atoms with van der Waals surface area (Å²) in [5.74, 6) is -2.41. The van der Waals surface area contributed by atoms with Gasteiger partial charge in [0.15, 0.2) is 0 Å². The van der Waals surface area contributed by atoms with Gasteiger partial charge in [0.1, 0.15) is 24.2 Å². The number of aliphatic carboxylic acids is 1. The Kier molecular flexibility index (Phi) is 9.96. The molecular formula is C27H27FN2O6. The lowest BCUT2D eigenvalue weighted by molar-refractivity contribution is -0.151. The number of carbonyl (C=O) groups excluding carboxylic acids is 2. The number of hydrogen-bond acceptors (Lipinski definition) is 6. The molecule has 0 unspecified atom stereocenters. The van der Waals surface area contributed by atoms with Crippen LogP contribution in [0.1, 0.15) is 29.5 Å². The summed E-state index contributed by atoms with van der Waals surface area (Å²) >= 11 is 0. The third kappa shape index (κ3) is 8.84. The Labute approximate surface area is 208 Å². The van der Waals surface area contributed by atoms with Gasteiger partial charge in [-0.2, -0.15) is 5.48 Å². The van der Waals surface area contributed by atoms with Gasteiger partial charge in [-0.1, -0.05) is 60.7 Å². The summed E-state index contributed by atoms with van der Waals surface area (Å²) in [5.41, 5.74) is 4.72. The first-order valence-corrected chi connectivity index (χ1v) is 11.3. The second kappa shape index (κ2) is 13.6. The summed E-state index contributed by atoms with van der Waals surface area (Å²) in [7, 11) is 0. The zero-order chi connectivity index (χ0) is 25.8. The van der Waals surface area contributed by atoms with E-state index in [-0.39, 0.29) is 25.4 Å². The zero-order valence-electron chi connectivity index (χ0n) is 19.5. The van der Waals surface area contributed by atoms with Crippen LogP contribution in [0.2, 0.25) is 0 Å². The summed E-state index contributed by atoms with van der Waals surface area (Å²) in [6, 6.07) is 20.9. The maximum absolute atomic E-state index is 13.7. The van der Waals surface area contributed by atoms with E-state index < -0.39 is 30.3 Å². The van der Waals surface area contributed by atoms with Crippen molar-refractivity contribution in [1.82, 2.24) is 10.8 Å². The number of ether oxygens (including phenoxy) is 1. The molecule has 0 aliphatic rings. The lowest BCUT2D eigenvalue weighted by Gasteiger charge is -2.14. The van der Waals surface area contributed by atoms with Crippen LogP contribution in [0.25, 0.3) is 0 Å². The molecule has 0 aliphatic carbocycles. The van der Waals surface area contributed by atoms with Gasteiger partial charge in [0, 0.05) is 12.0 Å². The number of halogens is 1. The number of benzene rings is 3. The third-order valence-electron chi connectivity index (χ3n) is 5.20. The van der Waals surface area contributed by atoms with Crippen molar-refractivity contribution < 1.29 is 33.5 Å². The fourth-order valence-corrected chi connectivity index (χ4v) is 3.29. The topological polar surface area (TPSA) is 114 Å². The van der Waals surface area contributed by atoms with Gasteiger partial charge in [-0.15, -0.1) is 0 Å². The van der Waals surface area contributed by atoms with Crippen LogP contribution < -0.4 is 15.6 Å². The van der Waals surface area contributed by atoms with Gasteiger partial charge in [0.25, 0.3) is 0 Å². The van der Waals surface area contributed by atoms with Gasteiger partial charge in [0.05, 0.1) is 13.0 Å². The molecule has 0 spiro atoms. The number of aryl methyl sites for hydroxylation is 1. The zero-order valence-corrected chi connectivity index (χ0v) is 19.5. The number of nitrogens with one attached hydrogen (secondary N) is 2. The molecule has 3 N–H and O–H groups in total. The van der Waals surface area contributed by atoms with E-state index in [4.69, 9.17) is 9.57 Å². The van der Waals surface area contributed by atoms with Crippen molar-refractivity contribution >= 4 is 17.8 Å². The number of esters is 1. The van der Waals surface area contributed by atoms with Gasteiger partial charge in [-0.05, 0) is 35.7 Å². The highest BCUT2D eigenvalue weighted by molar-refractivity contribution is 5.87. The Hall–Kier alpha value is -4.24. The number of amides is 1. The third-order valence-corrected chi connectivity index (χ3v) is 5.20. The normalized spacial score (nSPS) is 11.4. The van der Waals surface area contributed by atoms with Crippen molar-refractivity contribution in [2.45, 2.75) is 38.5 Å². The van der Waals surface area contributed by atoms with Crippen LogP contribution in [0.3, 0.4) is 0 Å². The monoisotopic (exact) mass is 494 g/mol. The van der Waals surface area contributed by atoms with Crippen LogP contribution in [-0.4, -0.2) is 29.0 Å². The second-order valence-electron chi connectivity index (χ2n) is 7.97. The summed E-state index contributed by atoms with van der Waals surface area (Å²) in [5, 5.41) is 11.8. The molecule has 0 heterocycles. The van der Waals surface area contributed by atoms with Gasteiger partial charge >= 0.3 is 11.9 Å². The molecule has 0 fully saturated rings. The molecule has 8 nitrogen and oxygen atoms in total. The van der Waals surface area contributed by atoms with Crippen molar-refractivity contribution in [3.8, 4) is 5.75 Å². The Balaban J connectivity index is 1.43. The van der Waals surface area contributed by atoms with Crippen LogP contribution in [0.5, 0.6) is 5.75 Å². The number of carboxylic acids is 1. The molecule has 1 amide bonds. The van der Waals surface area contributed by atoms with E-state index in [1.165, 1.54) is 6.07 Å². The van der Waals surface area contributed by atoms with Crippen LogP contribution >= 0.6 is 0 Å². The average molecular weight is 495 g/mol. The van der Waals surface area contributed by atoms with Crippen LogP contribution in [0.4, 0.5) is 4.39 Å². The number of carboxylic acid groups (broad SMARTS) is 1. The molecule has 3 aromatic rings. The van der Waals surface area contributed by atoms with Crippen molar-refractivity contribution in [3.05, 3.63) is 101 Å². The molecule has 1 atom stereocenters. The van der Waals surface area contributed by atoms with E-state index in [2.05, 4.69) is 10.8 Å². The van der Waals surface area contributed by atoms with Gasteiger partial charge in [-0.3, -0.25) is 9.59 Å². The van der Waals surface area contributed by atoms with Crippen molar-refractivity contribution in [2.75, 3.05) is 0 Å². The number of rotatable bonds is 13. The number of hydrogen-bond donors (Lipinski definition) is 3. The van der Waals surface area contributed by atoms with Crippen LogP contribution in [-0.2, 0) is 38.7 Å². The predicted octanol–water partition coefficient (Wildman–Crippen LogP) is 3.54. The Morgan fingerprint density at radius 3 is 2.39 bits per heavy atom. The van der Waals surface area contributed by atoms with Crippen molar-refractivity contribution in [1.29, 1.82) is 0 Å². The van der Waals surface area contributed by atoms with E-state index in [1.807, 2.05) is 6.07 Å². The van der Waals surface area contributed by atoms with Gasteiger partial charge in [-0.25, -0.2) is 9.18 Å². The second-order valence-corrected chi connectivity index (χ2v) is 7.97. The molecule has 0 radical (unpaired) electrons. The van der Waals surface area contributed by atoms with E-state index in [0.717, 1.165) is 11.1 Å². The summed E-state index contributed by atoms with van der Waals surface area (Å²) in [6.45, 7) is 0.192. The first-order chi connectivity index (χ1) is 17.4. The SMILES string of the molecule is O=C(CCc1cccc(ONCc2ccccc2F)c1)N[C@@H](CC(=O)OCc1ccccc1)C(=O)O. The summed E-state index contributed by atoms with van der Waals surface area (Å²) in [6.07, 6.45) is -0.152. The fourth-order valence-electron chi connectivity index (χ4n) is 3.29. The predicted molar refractivity (Wildman–Crippen MR) is 129 cm³/mol. The molecule has 0 saturated heterocycles. The first-order valence-electron chi connectivity index (χ1n) is 11.3. The van der Waals surface area contributed by atoms with E-state index in [9.17, 15) is 23.9 Å². The standard InChI is InChI=1S/C27H27FN2O6/c28-23-12-5-4-10-21(23)17-29-36-22-11-6-9-19(15-22)13-14-25(31)30-24(27(33)34)16-26(32)35-18-20-7-2-1-3-8-20/h1-12,15,24,29H,13-14,16-18H2,(H,30,31)(H,33,34)/t24-/m0/s1. The smallest absolute Gasteiger partial charge is 0.326 e. The Bertz CT molecular complexity index is 1170. The lowest BCUT2D eigenvalue weighted by Crippen LogP contribution is -2.42. The van der Waals surface area contributed by atoms with E-state index in [1.54, 1.807) is 66.7 Å². The Morgan fingerprint density at radius 2 is 1.64 bits per heavy atom. The molecule has 0 aliphatic heterocycles. The average Bonchev–Trinajstić information content (AvgIpc) is 2.88. The molecule has 0 saturated carbocycles. The van der Waals surface area contributed by atoms with Crippen LogP contribution in [0.15, 0.2) is 78.9 Å². The van der Waals surface area contributed by atoms with Crippen LogP contribution in [0, 0.1) is 5.82 Å². The summed E-state index contributed by atoms with van der Waals surface area (Å²) < 4.78 is 18.8. The van der Waals surface area contributed by atoms with Crippen molar-refractivity contribution in [3.63, 3.8) is 0 Å². The minimum Gasteiger partial charge on any atom is -0.480 e. The fraction of sp³-hybridized carbons (Fsp3) is 0.222. The molecule has 0 bridgehead atoms. The number of hydroxylamine groups is 1. The van der Waals surface area contributed by atoms with Crippen molar-refractivity contribution in [2.24, 2.45) is 0 Å². The first kappa shape index (κ1) is 26.4. The van der Waals surface area contributed by atoms with E-state index >= 15 is 0 Å². The number of carbonyl (C=O) groups is 3. The highest BCUT2D eigenvalue weighted by Crippen LogP contribution is 2.15.